The average molecular weight is 305 g/mol. The van der Waals surface area contributed by atoms with Gasteiger partial charge in [0, 0.05) is 23.0 Å². The summed E-state index contributed by atoms with van der Waals surface area (Å²) in [4.78, 5) is 22.3. The van der Waals surface area contributed by atoms with Crippen LogP contribution in [0.1, 0.15) is 24.2 Å². The maximum Gasteiger partial charge on any atom is 0.283 e. The van der Waals surface area contributed by atoms with E-state index >= 15 is 0 Å². The Morgan fingerprint density at radius 2 is 2.11 bits per heavy atom. The van der Waals surface area contributed by atoms with E-state index in [0.29, 0.717) is 0 Å². The fourth-order valence-electron chi connectivity index (χ4n) is 1.48. The number of rotatable bonds is 5. The minimum Gasteiger partial charge on any atom is -0.348 e. The molecule has 19 heavy (non-hydrogen) atoms. The minimum atomic E-state index is -0.633. The second-order valence-electron chi connectivity index (χ2n) is 4.40. The van der Waals surface area contributed by atoms with Gasteiger partial charge in [0.25, 0.3) is 11.6 Å². The van der Waals surface area contributed by atoms with Gasteiger partial charge < -0.3 is 5.32 Å². The van der Waals surface area contributed by atoms with Crippen LogP contribution in [0.25, 0.3) is 0 Å². The normalized spacial score (nSPS) is 12.3. The summed E-state index contributed by atoms with van der Waals surface area (Å²) in [5.41, 5.74) is -0.341. The van der Waals surface area contributed by atoms with E-state index in [1.54, 1.807) is 0 Å². The quantitative estimate of drug-likeness (QED) is 0.515. The fourth-order valence-corrected chi connectivity index (χ4v) is 2.08. The van der Waals surface area contributed by atoms with Gasteiger partial charge >= 0.3 is 0 Å². The molecule has 0 saturated carbocycles. The lowest BCUT2D eigenvalue weighted by Crippen LogP contribution is -2.40. The molecule has 0 aromatic heterocycles. The molecule has 0 spiro atoms. The van der Waals surface area contributed by atoms with Crippen LogP contribution in [-0.2, 0) is 0 Å². The number of benzene rings is 1. The Kier molecular flexibility index (Phi) is 5.57. The smallest absolute Gasteiger partial charge is 0.283 e. The summed E-state index contributed by atoms with van der Waals surface area (Å²) in [5.74, 6) is -0.152. The highest BCUT2D eigenvalue weighted by Crippen LogP contribution is 2.23. The Labute approximate surface area is 121 Å². The number of amides is 1. The molecule has 0 bridgehead atoms. The monoisotopic (exact) mass is 304 g/mol. The third-order valence-corrected chi connectivity index (χ3v) is 3.26. The lowest BCUT2D eigenvalue weighted by Gasteiger charge is -2.19. The van der Waals surface area contributed by atoms with E-state index in [4.69, 9.17) is 23.2 Å². The number of nitro groups is 1. The van der Waals surface area contributed by atoms with Crippen molar-refractivity contribution in [3.05, 3.63) is 38.9 Å². The molecule has 1 rings (SSSR count). The summed E-state index contributed by atoms with van der Waals surface area (Å²) in [6.45, 7) is 3.81. The second-order valence-corrected chi connectivity index (χ2v) is 5.14. The molecule has 0 fully saturated rings. The van der Waals surface area contributed by atoms with Crippen LogP contribution in [0.4, 0.5) is 5.69 Å². The summed E-state index contributed by atoms with van der Waals surface area (Å²) in [6, 6.07) is 3.68. The Morgan fingerprint density at radius 3 is 2.58 bits per heavy atom. The maximum atomic E-state index is 12.0. The summed E-state index contributed by atoms with van der Waals surface area (Å²) in [7, 11) is 0. The third kappa shape index (κ3) is 4.08. The zero-order valence-corrected chi connectivity index (χ0v) is 12.0. The highest BCUT2D eigenvalue weighted by molar-refractivity contribution is 6.31. The van der Waals surface area contributed by atoms with Crippen molar-refractivity contribution >= 4 is 34.8 Å². The van der Waals surface area contributed by atoms with Crippen molar-refractivity contribution in [2.24, 2.45) is 5.92 Å². The van der Waals surface area contributed by atoms with E-state index in [0.717, 1.165) is 6.07 Å². The molecular formula is C12H14Cl2N2O3. The predicted octanol–water partition coefficient (Wildman–Crippen LogP) is 3.24. The van der Waals surface area contributed by atoms with E-state index < -0.39 is 10.8 Å². The van der Waals surface area contributed by atoms with E-state index in [9.17, 15) is 14.9 Å². The van der Waals surface area contributed by atoms with Gasteiger partial charge in [-0.05, 0) is 18.1 Å². The molecule has 7 heteroatoms. The topological polar surface area (TPSA) is 72.2 Å². The van der Waals surface area contributed by atoms with Gasteiger partial charge in [-0.3, -0.25) is 14.9 Å². The minimum absolute atomic E-state index is 0.0230. The van der Waals surface area contributed by atoms with Crippen molar-refractivity contribution < 1.29 is 9.72 Å². The first-order chi connectivity index (χ1) is 8.86. The van der Waals surface area contributed by atoms with Gasteiger partial charge in [0.05, 0.1) is 4.92 Å². The summed E-state index contributed by atoms with van der Waals surface area (Å²) in [5, 5.41) is 13.8. The van der Waals surface area contributed by atoms with Crippen molar-refractivity contribution in [2.75, 3.05) is 5.88 Å². The number of nitrogens with zero attached hydrogens (tertiary/aromatic N) is 1. The summed E-state index contributed by atoms with van der Waals surface area (Å²) < 4.78 is 0. The van der Waals surface area contributed by atoms with Gasteiger partial charge in [-0.2, -0.15) is 0 Å². The van der Waals surface area contributed by atoms with Crippen molar-refractivity contribution in [1.29, 1.82) is 0 Å². The molecule has 0 heterocycles. The first-order valence-corrected chi connectivity index (χ1v) is 6.58. The number of hydrogen-bond donors (Lipinski definition) is 1. The molecule has 1 amide bonds. The molecular weight excluding hydrogens is 291 g/mol. The number of halogens is 2. The predicted molar refractivity (Wildman–Crippen MR) is 74.9 cm³/mol. The Morgan fingerprint density at radius 1 is 1.47 bits per heavy atom. The zero-order valence-electron chi connectivity index (χ0n) is 10.5. The highest BCUT2D eigenvalue weighted by Gasteiger charge is 2.23. The van der Waals surface area contributed by atoms with E-state index in [1.807, 2.05) is 13.8 Å². The van der Waals surface area contributed by atoms with Gasteiger partial charge in [-0.15, -0.1) is 11.6 Å². The van der Waals surface area contributed by atoms with Crippen molar-refractivity contribution in [3.8, 4) is 0 Å². The first-order valence-electron chi connectivity index (χ1n) is 5.67. The summed E-state index contributed by atoms with van der Waals surface area (Å²) >= 11 is 11.4. The molecule has 1 aromatic rings. The molecule has 0 aliphatic heterocycles. The molecule has 1 unspecified atom stereocenters. The SMILES string of the molecule is CC(C)C(CCl)NC(=O)c1ccc(Cl)cc1[N+](=O)[O-]. The summed E-state index contributed by atoms with van der Waals surface area (Å²) in [6.07, 6.45) is 0. The number of alkyl halides is 1. The molecule has 0 saturated heterocycles. The van der Waals surface area contributed by atoms with Crippen LogP contribution in [0.3, 0.4) is 0 Å². The third-order valence-electron chi connectivity index (χ3n) is 2.69. The first kappa shape index (κ1) is 15.7. The van der Waals surface area contributed by atoms with Crippen molar-refractivity contribution in [2.45, 2.75) is 19.9 Å². The van der Waals surface area contributed by atoms with Crippen LogP contribution in [0.15, 0.2) is 18.2 Å². The van der Waals surface area contributed by atoms with Crippen LogP contribution in [-0.4, -0.2) is 22.8 Å². The molecule has 0 aliphatic carbocycles. The van der Waals surface area contributed by atoms with E-state index in [1.165, 1.54) is 12.1 Å². The van der Waals surface area contributed by atoms with Gasteiger partial charge in [0.15, 0.2) is 0 Å². The fraction of sp³-hybridized carbons (Fsp3) is 0.417. The van der Waals surface area contributed by atoms with Gasteiger partial charge in [-0.25, -0.2) is 0 Å². The second kappa shape index (κ2) is 6.73. The van der Waals surface area contributed by atoms with Gasteiger partial charge in [-0.1, -0.05) is 25.4 Å². The molecule has 5 nitrogen and oxygen atoms in total. The Bertz CT molecular complexity index is 492. The maximum absolute atomic E-state index is 12.0. The number of hydrogen-bond acceptors (Lipinski definition) is 3. The van der Waals surface area contributed by atoms with Crippen molar-refractivity contribution in [3.63, 3.8) is 0 Å². The Hall–Kier alpha value is -1.33. The van der Waals surface area contributed by atoms with Crippen molar-refractivity contribution in [1.82, 2.24) is 5.32 Å². The number of nitro benzene ring substituents is 1. The lowest BCUT2D eigenvalue weighted by atomic mass is 10.1. The molecule has 1 aromatic carbocycles. The van der Waals surface area contributed by atoms with Gasteiger partial charge in [0.2, 0.25) is 0 Å². The molecule has 1 atom stereocenters. The largest absolute Gasteiger partial charge is 0.348 e. The number of carbonyl (C=O) groups excluding carboxylic acids is 1. The van der Waals surface area contributed by atoms with Crippen LogP contribution < -0.4 is 5.32 Å². The molecule has 0 radical (unpaired) electrons. The van der Waals surface area contributed by atoms with Crippen LogP contribution >= 0.6 is 23.2 Å². The molecule has 0 aliphatic rings. The zero-order chi connectivity index (χ0) is 14.6. The van der Waals surface area contributed by atoms with E-state index in [-0.39, 0.29) is 34.1 Å². The van der Waals surface area contributed by atoms with Crippen LogP contribution in [0, 0.1) is 16.0 Å². The van der Waals surface area contributed by atoms with Crippen LogP contribution in [0.2, 0.25) is 5.02 Å². The lowest BCUT2D eigenvalue weighted by molar-refractivity contribution is -0.385. The standard InChI is InChI=1S/C12H14Cl2N2O3/c1-7(2)10(6-13)15-12(17)9-4-3-8(14)5-11(9)16(18)19/h3-5,7,10H,6H2,1-2H3,(H,15,17). The number of carbonyl (C=O) groups is 1. The van der Waals surface area contributed by atoms with E-state index in [2.05, 4.69) is 5.32 Å². The molecule has 1 N–H and O–H groups in total. The molecule has 104 valence electrons. The average Bonchev–Trinajstić information content (AvgIpc) is 2.34. The van der Waals surface area contributed by atoms with Crippen LogP contribution in [0.5, 0.6) is 0 Å². The number of nitrogens with one attached hydrogen (secondary N) is 1. The highest BCUT2D eigenvalue weighted by atomic mass is 35.5. The van der Waals surface area contributed by atoms with Gasteiger partial charge in [0.1, 0.15) is 5.56 Å². The Balaban J connectivity index is 3.03.